The van der Waals surface area contributed by atoms with Crippen LogP contribution < -0.4 is 10.1 Å². The molecule has 0 saturated carbocycles. The van der Waals surface area contributed by atoms with Gasteiger partial charge in [0.1, 0.15) is 11.8 Å². The molecule has 0 bridgehead atoms. The van der Waals surface area contributed by atoms with Crippen LogP contribution in [0.2, 0.25) is 0 Å². The summed E-state index contributed by atoms with van der Waals surface area (Å²) in [4.78, 5) is 11.3. The average Bonchev–Trinajstić information content (AvgIpc) is 2.35. The molecule has 1 unspecified atom stereocenters. The van der Waals surface area contributed by atoms with Crippen molar-refractivity contribution in [3.05, 3.63) is 24.3 Å². The number of ether oxygens (including phenoxy) is 2. The van der Waals surface area contributed by atoms with Gasteiger partial charge in [-0.05, 0) is 25.0 Å². The fourth-order valence-electron chi connectivity index (χ4n) is 1.42. The number of rotatable bonds is 6. The van der Waals surface area contributed by atoms with Gasteiger partial charge in [0.2, 0.25) is 0 Å². The Morgan fingerprint density at radius 1 is 1.33 bits per heavy atom. The number of carbonyl (C=O) groups excluding carboxylic acids is 1. The Labute approximate surface area is 108 Å². The summed E-state index contributed by atoms with van der Waals surface area (Å²) in [7, 11) is 1.38. The molecule has 4 heteroatoms. The molecule has 1 aromatic rings. The van der Waals surface area contributed by atoms with E-state index in [-0.39, 0.29) is 12.0 Å². The Morgan fingerprint density at radius 2 is 2.06 bits per heavy atom. The maximum atomic E-state index is 11.3. The van der Waals surface area contributed by atoms with Crippen LogP contribution in [0.25, 0.3) is 0 Å². The topological polar surface area (TPSA) is 47.6 Å². The maximum Gasteiger partial charge on any atom is 0.327 e. The molecule has 0 aliphatic rings. The Kier molecular flexibility index (Phi) is 5.49. The number of carbonyl (C=O) groups is 1. The molecular formula is C14H21NO3. The third-order valence-electron chi connectivity index (χ3n) is 2.36. The Bertz CT molecular complexity index is 390. The number of anilines is 1. The summed E-state index contributed by atoms with van der Waals surface area (Å²) in [6, 6.07) is 7.18. The van der Waals surface area contributed by atoms with Crippen LogP contribution in [-0.4, -0.2) is 25.7 Å². The van der Waals surface area contributed by atoms with Gasteiger partial charge in [-0.1, -0.05) is 19.9 Å². The van der Waals surface area contributed by atoms with Crippen LogP contribution in [0.1, 0.15) is 20.8 Å². The number of nitrogens with one attached hydrogen (secondary N) is 1. The first-order chi connectivity index (χ1) is 8.52. The van der Waals surface area contributed by atoms with E-state index >= 15 is 0 Å². The van der Waals surface area contributed by atoms with E-state index in [1.54, 1.807) is 6.92 Å². The highest BCUT2D eigenvalue weighted by Crippen LogP contribution is 2.18. The van der Waals surface area contributed by atoms with E-state index in [1.165, 1.54) is 7.11 Å². The first-order valence-corrected chi connectivity index (χ1v) is 6.10. The minimum Gasteiger partial charge on any atom is -0.493 e. The van der Waals surface area contributed by atoms with Gasteiger partial charge in [0.05, 0.1) is 13.7 Å². The van der Waals surface area contributed by atoms with Gasteiger partial charge in [0.15, 0.2) is 0 Å². The number of benzene rings is 1. The van der Waals surface area contributed by atoms with Crippen LogP contribution in [-0.2, 0) is 9.53 Å². The number of methoxy groups -OCH3 is 1. The van der Waals surface area contributed by atoms with Gasteiger partial charge in [0.25, 0.3) is 0 Å². The maximum absolute atomic E-state index is 11.3. The Balaban J connectivity index is 2.61. The molecule has 0 heterocycles. The minimum atomic E-state index is -0.379. The lowest BCUT2D eigenvalue weighted by Crippen LogP contribution is -2.27. The highest BCUT2D eigenvalue weighted by molar-refractivity contribution is 5.78. The molecule has 0 radical (unpaired) electrons. The SMILES string of the molecule is COC(=O)C(C)Nc1cccc(OCC(C)C)c1. The molecule has 1 N–H and O–H groups in total. The standard InChI is InChI=1S/C14H21NO3/c1-10(2)9-18-13-7-5-6-12(8-13)15-11(3)14(16)17-4/h5-8,10-11,15H,9H2,1-4H3. The quantitative estimate of drug-likeness (QED) is 0.790. The third kappa shape index (κ3) is 4.65. The highest BCUT2D eigenvalue weighted by atomic mass is 16.5. The smallest absolute Gasteiger partial charge is 0.327 e. The van der Waals surface area contributed by atoms with E-state index in [0.717, 1.165) is 11.4 Å². The summed E-state index contributed by atoms with van der Waals surface area (Å²) in [6.07, 6.45) is 0. The van der Waals surface area contributed by atoms with Crippen LogP contribution in [0.4, 0.5) is 5.69 Å². The molecule has 0 spiro atoms. The van der Waals surface area contributed by atoms with Crippen molar-refractivity contribution < 1.29 is 14.3 Å². The van der Waals surface area contributed by atoms with Gasteiger partial charge >= 0.3 is 5.97 Å². The van der Waals surface area contributed by atoms with E-state index in [1.807, 2.05) is 24.3 Å². The van der Waals surface area contributed by atoms with E-state index in [2.05, 4.69) is 23.9 Å². The van der Waals surface area contributed by atoms with Gasteiger partial charge in [-0.2, -0.15) is 0 Å². The van der Waals surface area contributed by atoms with Gasteiger partial charge < -0.3 is 14.8 Å². The van der Waals surface area contributed by atoms with Gasteiger partial charge in [-0.3, -0.25) is 0 Å². The molecule has 1 aromatic carbocycles. The number of esters is 1. The molecule has 0 aliphatic carbocycles. The second-order valence-corrected chi connectivity index (χ2v) is 4.62. The monoisotopic (exact) mass is 251 g/mol. The zero-order chi connectivity index (χ0) is 13.5. The molecule has 0 aromatic heterocycles. The summed E-state index contributed by atoms with van der Waals surface area (Å²) in [5, 5.41) is 3.07. The van der Waals surface area contributed by atoms with Crippen molar-refractivity contribution >= 4 is 11.7 Å². The van der Waals surface area contributed by atoms with Crippen molar-refractivity contribution in [2.75, 3.05) is 19.0 Å². The fraction of sp³-hybridized carbons (Fsp3) is 0.500. The van der Waals surface area contributed by atoms with Crippen molar-refractivity contribution in [1.29, 1.82) is 0 Å². The zero-order valence-electron chi connectivity index (χ0n) is 11.4. The van der Waals surface area contributed by atoms with E-state index in [0.29, 0.717) is 12.5 Å². The second kappa shape index (κ2) is 6.89. The van der Waals surface area contributed by atoms with Crippen LogP contribution in [0.5, 0.6) is 5.75 Å². The van der Waals surface area contributed by atoms with Crippen molar-refractivity contribution in [3.8, 4) is 5.75 Å². The van der Waals surface area contributed by atoms with E-state index in [4.69, 9.17) is 4.74 Å². The predicted molar refractivity (Wildman–Crippen MR) is 71.9 cm³/mol. The molecule has 100 valence electrons. The van der Waals surface area contributed by atoms with Gasteiger partial charge in [-0.25, -0.2) is 4.79 Å². The normalized spacial score (nSPS) is 12.1. The van der Waals surface area contributed by atoms with Crippen molar-refractivity contribution in [2.45, 2.75) is 26.8 Å². The van der Waals surface area contributed by atoms with Crippen molar-refractivity contribution in [3.63, 3.8) is 0 Å². The Morgan fingerprint density at radius 3 is 2.67 bits per heavy atom. The zero-order valence-corrected chi connectivity index (χ0v) is 11.4. The van der Waals surface area contributed by atoms with Crippen LogP contribution in [0.15, 0.2) is 24.3 Å². The molecule has 0 amide bonds. The molecule has 0 saturated heterocycles. The minimum absolute atomic E-state index is 0.288. The van der Waals surface area contributed by atoms with E-state index in [9.17, 15) is 4.79 Å². The lowest BCUT2D eigenvalue weighted by atomic mass is 10.2. The molecule has 0 aliphatic heterocycles. The summed E-state index contributed by atoms with van der Waals surface area (Å²) >= 11 is 0. The molecule has 1 rings (SSSR count). The van der Waals surface area contributed by atoms with Gasteiger partial charge in [0, 0.05) is 11.8 Å². The lowest BCUT2D eigenvalue weighted by Gasteiger charge is -2.14. The summed E-state index contributed by atoms with van der Waals surface area (Å²) in [5.74, 6) is 0.991. The lowest BCUT2D eigenvalue weighted by molar-refractivity contribution is -0.141. The molecule has 0 fully saturated rings. The van der Waals surface area contributed by atoms with Crippen LogP contribution in [0.3, 0.4) is 0 Å². The first kappa shape index (κ1) is 14.4. The van der Waals surface area contributed by atoms with Crippen LogP contribution >= 0.6 is 0 Å². The van der Waals surface area contributed by atoms with Crippen LogP contribution in [0, 0.1) is 5.92 Å². The molecule has 4 nitrogen and oxygen atoms in total. The summed E-state index contributed by atoms with van der Waals surface area (Å²) in [5.41, 5.74) is 0.842. The first-order valence-electron chi connectivity index (χ1n) is 6.10. The number of hydrogen-bond donors (Lipinski definition) is 1. The largest absolute Gasteiger partial charge is 0.493 e. The van der Waals surface area contributed by atoms with Crippen molar-refractivity contribution in [1.82, 2.24) is 0 Å². The molecule has 18 heavy (non-hydrogen) atoms. The summed E-state index contributed by atoms with van der Waals surface area (Å²) < 4.78 is 10.3. The predicted octanol–water partition coefficient (Wildman–Crippen LogP) is 2.69. The Hall–Kier alpha value is -1.71. The average molecular weight is 251 g/mol. The van der Waals surface area contributed by atoms with Crippen molar-refractivity contribution in [2.24, 2.45) is 5.92 Å². The fourth-order valence-corrected chi connectivity index (χ4v) is 1.42. The molecular weight excluding hydrogens is 230 g/mol. The highest BCUT2D eigenvalue weighted by Gasteiger charge is 2.12. The molecule has 1 atom stereocenters. The van der Waals surface area contributed by atoms with E-state index < -0.39 is 0 Å². The number of hydrogen-bond acceptors (Lipinski definition) is 4. The second-order valence-electron chi connectivity index (χ2n) is 4.62. The summed E-state index contributed by atoms with van der Waals surface area (Å²) in [6.45, 7) is 6.63. The third-order valence-corrected chi connectivity index (χ3v) is 2.36. The van der Waals surface area contributed by atoms with Gasteiger partial charge in [-0.15, -0.1) is 0 Å².